The standard InChI is InChI=1S/C120H85N9Si4/c1-13-44-88(45-14-1)130(89-46-15-2-16-47-89,90-48-17-3-18-49-90)100-72-76-106-113(81-100)126-115-83-102(132(94-56-25-7-26-57-94,95-58-27-8-28-59-95)96-60-29-9-30-61-96)74-78-111(115)128(119(126)122-106)117-85-108(86-42-41-43-87(80-86)125-109-70-39-37-68-104(109)105-69-38-40-71-110(105)125)121-118(124-117)129-112-79-75-103(133(97-62-31-10-32-63-97,98-64-33-11-34-65-98)99-66-35-12-36-67-99)84-116(112)127-114-82-101(73-77-107(114)123-120(127)129)131(91-50-19-4-20-51-91,92-52-21-5-22-53-92)93-54-23-6-24-55-93/h1-85H. The van der Waals surface area contributed by atoms with E-state index in [4.69, 9.17) is 19.9 Å². The number of hydrogen-bond acceptors (Lipinski definition) is 4. The average molecular weight is 1770 g/mol. The van der Waals surface area contributed by atoms with Gasteiger partial charge >= 0.3 is 0 Å². The van der Waals surface area contributed by atoms with Gasteiger partial charge in [-0.1, -0.05) is 437 Å². The van der Waals surface area contributed by atoms with E-state index in [1.165, 1.54) is 93.8 Å². The van der Waals surface area contributed by atoms with Gasteiger partial charge in [0.1, 0.15) is 5.82 Å². The molecule has 0 unspecified atom stereocenters. The molecular weight excluding hydrogens is 1680 g/mol. The highest BCUT2D eigenvalue weighted by Gasteiger charge is 2.47. The number of nitrogens with zero attached hydrogens (tertiary/aromatic N) is 9. The molecule has 0 bridgehead atoms. The number of rotatable bonds is 20. The molecule has 6 aromatic heterocycles. The fraction of sp³-hybridized carbons (Fsp3) is 0. The van der Waals surface area contributed by atoms with Crippen LogP contribution in [0.5, 0.6) is 0 Å². The number of benzene rings is 19. The molecule has 19 aromatic carbocycles. The molecule has 0 radical (unpaired) electrons. The molecule has 25 rings (SSSR count). The van der Waals surface area contributed by atoms with Crippen LogP contribution in [-0.2, 0) is 0 Å². The molecule has 13 heteroatoms. The summed E-state index contributed by atoms with van der Waals surface area (Å²) in [5, 5.41) is 22.6. The fourth-order valence-electron chi connectivity index (χ4n) is 22.3. The summed E-state index contributed by atoms with van der Waals surface area (Å²) < 4.78 is 11.9. The Morgan fingerprint density at radius 2 is 0.436 bits per heavy atom. The molecule has 626 valence electrons. The molecule has 0 aliphatic heterocycles. The maximum absolute atomic E-state index is 6.25. The largest absolute Gasteiger partial charge is 0.309 e. The fourth-order valence-corrected chi connectivity index (χ4v) is 41.4. The Kier molecular flexibility index (Phi) is 19.1. The summed E-state index contributed by atoms with van der Waals surface area (Å²) in [6.45, 7) is 0. The first-order chi connectivity index (χ1) is 66.0. The van der Waals surface area contributed by atoms with Gasteiger partial charge in [-0.15, -0.1) is 0 Å². The Morgan fingerprint density at radius 1 is 0.165 bits per heavy atom. The molecule has 9 nitrogen and oxygen atoms in total. The zero-order chi connectivity index (χ0) is 88.0. The Morgan fingerprint density at radius 3 is 0.752 bits per heavy atom. The van der Waals surface area contributed by atoms with Crippen molar-refractivity contribution < 1.29 is 0 Å². The number of fused-ring (bicyclic) bond motifs is 13. The normalized spacial score (nSPS) is 12.2. The Bertz CT molecular complexity index is 7800. The van der Waals surface area contributed by atoms with Gasteiger partial charge < -0.3 is 4.57 Å². The minimum Gasteiger partial charge on any atom is -0.309 e. The zero-order valence-corrected chi connectivity index (χ0v) is 76.6. The lowest BCUT2D eigenvalue weighted by Gasteiger charge is -2.34. The van der Waals surface area contributed by atoms with Gasteiger partial charge in [-0.2, -0.15) is 4.98 Å². The van der Waals surface area contributed by atoms with Crippen LogP contribution < -0.4 is 83.0 Å². The minimum absolute atomic E-state index is 0.431. The molecule has 0 N–H and O–H groups in total. The molecule has 133 heavy (non-hydrogen) atoms. The van der Waals surface area contributed by atoms with E-state index in [1.807, 2.05) is 0 Å². The topological polar surface area (TPSA) is 75.2 Å². The van der Waals surface area contributed by atoms with Crippen LogP contribution in [0.3, 0.4) is 0 Å². The van der Waals surface area contributed by atoms with Crippen LogP contribution in [-0.4, -0.2) is 74.7 Å². The van der Waals surface area contributed by atoms with Gasteiger partial charge in [0, 0.05) is 28.1 Å². The van der Waals surface area contributed by atoms with Gasteiger partial charge in [0.05, 0.1) is 60.9 Å². The van der Waals surface area contributed by atoms with Crippen molar-refractivity contribution in [3.05, 3.63) is 516 Å². The van der Waals surface area contributed by atoms with Crippen LogP contribution in [0.1, 0.15) is 0 Å². The second-order valence-electron chi connectivity index (χ2n) is 34.7. The number of imidazole rings is 4. The highest BCUT2D eigenvalue weighted by molar-refractivity contribution is 7.22. The van der Waals surface area contributed by atoms with E-state index in [0.717, 1.165) is 66.4 Å². The lowest BCUT2D eigenvalue weighted by molar-refractivity contribution is 0.930. The molecule has 0 saturated heterocycles. The second kappa shape index (κ2) is 32.3. The summed E-state index contributed by atoms with van der Waals surface area (Å²) in [5.74, 6) is 2.41. The Balaban J connectivity index is 0.822. The minimum atomic E-state index is -3.24. The molecule has 0 amide bonds. The zero-order valence-electron chi connectivity index (χ0n) is 72.6. The van der Waals surface area contributed by atoms with Gasteiger partial charge in [-0.25, -0.2) is 19.5 Å². The van der Waals surface area contributed by atoms with E-state index in [1.54, 1.807) is 0 Å². The van der Waals surface area contributed by atoms with Crippen LogP contribution in [0.4, 0.5) is 0 Å². The first-order valence-electron chi connectivity index (χ1n) is 45.6. The highest BCUT2D eigenvalue weighted by Crippen LogP contribution is 2.38. The van der Waals surface area contributed by atoms with Crippen molar-refractivity contribution in [2.24, 2.45) is 0 Å². The van der Waals surface area contributed by atoms with E-state index in [9.17, 15) is 0 Å². The Hall–Kier alpha value is -16.5. The lowest BCUT2D eigenvalue weighted by atomic mass is 10.1. The van der Waals surface area contributed by atoms with Crippen LogP contribution in [0.25, 0.3) is 106 Å². The molecule has 0 spiro atoms. The summed E-state index contributed by atoms with van der Waals surface area (Å²) in [5.41, 5.74) is 12.2. The summed E-state index contributed by atoms with van der Waals surface area (Å²) in [4.78, 5) is 24.4. The number of para-hydroxylation sites is 2. The number of hydrogen-bond donors (Lipinski definition) is 0. The predicted molar refractivity (Wildman–Crippen MR) is 562 cm³/mol. The second-order valence-corrected chi connectivity index (χ2v) is 49.9. The third kappa shape index (κ3) is 12.3. The van der Waals surface area contributed by atoms with E-state index < -0.39 is 32.3 Å². The molecule has 0 aliphatic rings. The summed E-state index contributed by atoms with van der Waals surface area (Å²) in [6.07, 6.45) is 0. The van der Waals surface area contributed by atoms with E-state index in [0.29, 0.717) is 29.0 Å². The van der Waals surface area contributed by atoms with Crippen molar-refractivity contribution in [3.63, 3.8) is 0 Å². The third-order valence-corrected chi connectivity index (χ3v) is 47.0. The van der Waals surface area contributed by atoms with Crippen molar-refractivity contribution in [1.29, 1.82) is 0 Å². The van der Waals surface area contributed by atoms with Gasteiger partial charge in [0.25, 0.3) is 0 Å². The van der Waals surface area contributed by atoms with E-state index >= 15 is 0 Å². The average Bonchev–Trinajstić information content (AvgIpc) is 1.65. The van der Waals surface area contributed by atoms with E-state index in [2.05, 4.69) is 538 Å². The van der Waals surface area contributed by atoms with Crippen molar-refractivity contribution >= 4 is 193 Å². The van der Waals surface area contributed by atoms with Gasteiger partial charge in [-0.3, -0.25) is 13.4 Å². The molecule has 0 fully saturated rings. The quantitative estimate of drug-likeness (QED) is 0.0563. The third-order valence-electron chi connectivity index (χ3n) is 27.9. The summed E-state index contributed by atoms with van der Waals surface area (Å²) in [7, 11) is -12.8. The Labute approximate surface area is 773 Å². The van der Waals surface area contributed by atoms with Gasteiger partial charge in [0.2, 0.25) is 17.5 Å². The SMILES string of the molecule is c1ccc([Si](c2ccccc2)(c2ccccc2)c2ccc3nc4n(-c5cc(-c6cccc(-n7c8ccccc8c8ccccc87)c6)nc(-n6c7ccc([Si](c8ccccc8)(c8ccccc8)c8ccccc8)cc7n7c8cc([Si](c9ccccc9)(c9ccccc9)c9ccccc9)ccc8nc67)n5)c5ccc([Si](c6ccccc6)(c6ccccc6)c6ccccc6)cc5n4c3c2)cc1. The van der Waals surface area contributed by atoms with Crippen LogP contribution >= 0.6 is 0 Å². The first-order valence-corrected chi connectivity index (χ1v) is 53.6. The molecule has 25 aromatic rings. The summed E-state index contributed by atoms with van der Waals surface area (Å²) >= 11 is 0. The lowest BCUT2D eigenvalue weighted by Crippen LogP contribution is -2.74. The predicted octanol–water partition coefficient (Wildman–Crippen LogP) is 16.2. The van der Waals surface area contributed by atoms with Crippen molar-refractivity contribution in [2.45, 2.75) is 0 Å². The van der Waals surface area contributed by atoms with Crippen LogP contribution in [0, 0.1) is 0 Å². The summed E-state index contributed by atoms with van der Waals surface area (Å²) in [6, 6.07) is 192. The highest BCUT2D eigenvalue weighted by atomic mass is 28.3. The molecule has 0 atom stereocenters. The molecule has 0 saturated carbocycles. The van der Waals surface area contributed by atoms with Crippen molar-refractivity contribution in [1.82, 2.24) is 42.4 Å². The maximum atomic E-state index is 6.25. The number of aromatic nitrogens is 9. The first kappa shape index (κ1) is 78.7. The van der Waals surface area contributed by atoms with Crippen molar-refractivity contribution in [3.8, 4) is 28.7 Å². The monoisotopic (exact) mass is 1760 g/mol. The molecule has 6 heterocycles. The van der Waals surface area contributed by atoms with E-state index in [-0.39, 0.29) is 0 Å². The molecule has 0 aliphatic carbocycles. The maximum Gasteiger partial charge on any atom is 0.239 e. The van der Waals surface area contributed by atoms with Gasteiger partial charge in [-0.05, 0) is 156 Å². The smallest absolute Gasteiger partial charge is 0.239 e. The van der Waals surface area contributed by atoms with Crippen molar-refractivity contribution in [2.75, 3.05) is 0 Å². The molecular formula is C120H85N9Si4. The van der Waals surface area contributed by atoms with Gasteiger partial charge in [0.15, 0.2) is 32.3 Å². The van der Waals surface area contributed by atoms with Crippen LogP contribution in [0.15, 0.2) is 516 Å². The van der Waals surface area contributed by atoms with Crippen LogP contribution in [0.2, 0.25) is 0 Å².